The lowest BCUT2D eigenvalue weighted by Gasteiger charge is -2.25. The molecule has 0 bridgehead atoms. The van der Waals surface area contributed by atoms with Crippen LogP contribution in [0.5, 0.6) is 5.75 Å². The van der Waals surface area contributed by atoms with Crippen LogP contribution in [0.3, 0.4) is 0 Å². The summed E-state index contributed by atoms with van der Waals surface area (Å²) in [6, 6.07) is 23.6. The van der Waals surface area contributed by atoms with E-state index in [9.17, 15) is 18.0 Å². The molecule has 1 amide bonds. The molecule has 0 saturated carbocycles. The van der Waals surface area contributed by atoms with Crippen LogP contribution in [-0.4, -0.2) is 57.8 Å². The minimum Gasteiger partial charge on any atom is -0.490 e. The lowest BCUT2D eigenvalue weighted by atomic mass is 10.0. The highest BCUT2D eigenvalue weighted by atomic mass is 32.2. The van der Waals surface area contributed by atoms with Gasteiger partial charge in [-0.15, -0.1) is 0 Å². The third-order valence-electron chi connectivity index (χ3n) is 7.10. The Bertz CT molecular complexity index is 1500. The molecule has 2 atom stereocenters. The number of nitriles is 1. The largest absolute Gasteiger partial charge is 0.490 e. The Hall–Kier alpha value is -4.16. The maximum atomic E-state index is 13.2. The van der Waals surface area contributed by atoms with Crippen molar-refractivity contribution in [3.05, 3.63) is 83.9 Å². The number of ether oxygens (including phenoxy) is 2. The molecule has 0 N–H and O–H groups in total. The highest BCUT2D eigenvalue weighted by Crippen LogP contribution is 2.33. The predicted octanol–water partition coefficient (Wildman–Crippen LogP) is 4.42. The number of hydrogen-bond acceptors (Lipinski definition) is 7. The van der Waals surface area contributed by atoms with Gasteiger partial charge in [-0.05, 0) is 60.2 Å². The number of esters is 1. The van der Waals surface area contributed by atoms with Crippen LogP contribution >= 0.6 is 0 Å². The van der Waals surface area contributed by atoms with Gasteiger partial charge in [0.2, 0.25) is 5.91 Å². The van der Waals surface area contributed by atoms with Gasteiger partial charge in [0.25, 0.3) is 0 Å². The molecule has 0 spiro atoms. The number of aryl methyl sites for hydroxylation is 1. The van der Waals surface area contributed by atoms with Gasteiger partial charge >= 0.3 is 5.97 Å². The van der Waals surface area contributed by atoms with Gasteiger partial charge in [-0.2, -0.15) is 5.26 Å². The van der Waals surface area contributed by atoms with Gasteiger partial charge in [-0.1, -0.05) is 48.5 Å². The predicted molar refractivity (Wildman–Crippen MR) is 150 cm³/mol. The Labute approximate surface area is 235 Å². The zero-order valence-electron chi connectivity index (χ0n) is 22.6. The summed E-state index contributed by atoms with van der Waals surface area (Å²) in [6.45, 7) is 0.587. The average Bonchev–Trinajstić information content (AvgIpc) is 3.25. The van der Waals surface area contributed by atoms with Gasteiger partial charge in [0.05, 0.1) is 37.1 Å². The molecule has 3 aromatic carbocycles. The first-order chi connectivity index (χ1) is 19.2. The number of benzene rings is 3. The molecule has 1 aliphatic rings. The van der Waals surface area contributed by atoms with Gasteiger partial charge in [-0.25, -0.2) is 8.42 Å². The van der Waals surface area contributed by atoms with Crippen LogP contribution in [0.15, 0.2) is 77.7 Å². The zero-order valence-corrected chi connectivity index (χ0v) is 23.4. The van der Waals surface area contributed by atoms with Crippen molar-refractivity contribution in [3.63, 3.8) is 0 Å². The summed E-state index contributed by atoms with van der Waals surface area (Å²) in [6.07, 6.45) is 3.07. The zero-order chi connectivity index (χ0) is 28.7. The number of hydrogen-bond donors (Lipinski definition) is 0. The topological polar surface area (TPSA) is 114 Å². The van der Waals surface area contributed by atoms with Crippen molar-refractivity contribution in [2.24, 2.45) is 5.92 Å². The second kappa shape index (κ2) is 12.8. The van der Waals surface area contributed by atoms with E-state index in [4.69, 9.17) is 14.7 Å². The number of carbonyl (C=O) groups is 2. The van der Waals surface area contributed by atoms with Gasteiger partial charge in [0, 0.05) is 12.8 Å². The Morgan fingerprint density at radius 3 is 2.40 bits per heavy atom. The van der Waals surface area contributed by atoms with E-state index in [1.807, 2.05) is 30.3 Å². The minimum atomic E-state index is -3.64. The molecule has 3 aromatic rings. The van der Waals surface area contributed by atoms with Crippen LogP contribution in [0.4, 0.5) is 0 Å². The van der Waals surface area contributed by atoms with Crippen molar-refractivity contribution in [1.29, 1.82) is 5.26 Å². The van der Waals surface area contributed by atoms with Crippen molar-refractivity contribution in [2.75, 3.05) is 26.5 Å². The minimum absolute atomic E-state index is 0.00506. The first kappa shape index (κ1) is 28.8. The van der Waals surface area contributed by atoms with Crippen molar-refractivity contribution in [1.82, 2.24) is 4.90 Å². The number of methoxy groups -OCH3 is 1. The summed E-state index contributed by atoms with van der Waals surface area (Å²) in [7, 11) is -2.34. The number of carbonyl (C=O) groups excluding carboxylic acids is 2. The molecule has 9 heteroatoms. The fraction of sp³-hybridized carbons (Fsp3) is 0.323. The SMILES string of the molecule is COC(=O)C[C@@H]1C[C@@H](COc2ccc(-c3ccc(C#N)cc3)cc2S(C)(=O)=O)N(CCCc2ccccc2)C1=O. The standard InChI is InChI=1S/C31H32N2O6S/c1-38-30(34)19-26-17-27(33(31(26)35)16-6-9-22-7-4-3-5-8-22)21-39-28-15-14-25(18-29(28)40(2,36)37)24-12-10-23(20-32)11-13-24/h3-5,7-8,10-15,18,26-27H,6,9,16-17,19,21H2,1-2H3/t26-,27-/m0/s1. The maximum absolute atomic E-state index is 13.2. The van der Waals surface area contributed by atoms with E-state index in [0.29, 0.717) is 24.1 Å². The summed E-state index contributed by atoms with van der Waals surface area (Å²) < 4.78 is 36.2. The van der Waals surface area contributed by atoms with Crippen LogP contribution in [-0.2, 0) is 30.6 Å². The molecule has 1 aliphatic heterocycles. The lowest BCUT2D eigenvalue weighted by Crippen LogP contribution is -2.38. The third-order valence-corrected chi connectivity index (χ3v) is 8.22. The fourth-order valence-electron chi connectivity index (χ4n) is 4.99. The van der Waals surface area contributed by atoms with E-state index >= 15 is 0 Å². The summed E-state index contributed by atoms with van der Waals surface area (Å²) >= 11 is 0. The average molecular weight is 561 g/mol. The van der Waals surface area contributed by atoms with Crippen LogP contribution in [0.1, 0.15) is 30.4 Å². The first-order valence-corrected chi connectivity index (χ1v) is 15.0. The molecule has 4 rings (SSSR count). The second-order valence-electron chi connectivity index (χ2n) is 9.92. The summed E-state index contributed by atoms with van der Waals surface area (Å²) in [5.41, 5.74) is 3.13. The number of nitrogens with zero attached hydrogens (tertiary/aromatic N) is 2. The van der Waals surface area contributed by atoms with Crippen molar-refractivity contribution in [2.45, 2.75) is 36.6 Å². The lowest BCUT2D eigenvalue weighted by molar-refractivity contribution is -0.144. The highest BCUT2D eigenvalue weighted by molar-refractivity contribution is 7.90. The summed E-state index contributed by atoms with van der Waals surface area (Å²) in [4.78, 5) is 27.0. The molecule has 40 heavy (non-hydrogen) atoms. The first-order valence-electron chi connectivity index (χ1n) is 13.1. The van der Waals surface area contributed by atoms with Crippen molar-refractivity contribution >= 4 is 21.7 Å². The Morgan fingerprint density at radius 1 is 1.05 bits per heavy atom. The van der Waals surface area contributed by atoms with Crippen LogP contribution in [0.25, 0.3) is 11.1 Å². The van der Waals surface area contributed by atoms with E-state index in [1.54, 1.807) is 47.4 Å². The highest BCUT2D eigenvalue weighted by Gasteiger charge is 2.40. The van der Waals surface area contributed by atoms with E-state index in [0.717, 1.165) is 24.7 Å². The number of likely N-dealkylation sites (tertiary alicyclic amines) is 1. The molecule has 0 aliphatic carbocycles. The van der Waals surface area contributed by atoms with Crippen molar-refractivity contribution < 1.29 is 27.5 Å². The molecule has 208 valence electrons. The number of rotatable bonds is 11. The monoisotopic (exact) mass is 560 g/mol. The Kier molecular flexibility index (Phi) is 9.22. The molecule has 0 radical (unpaired) electrons. The van der Waals surface area contributed by atoms with E-state index < -0.39 is 21.7 Å². The molecular formula is C31H32N2O6S. The van der Waals surface area contributed by atoms with E-state index in [2.05, 4.69) is 6.07 Å². The van der Waals surface area contributed by atoms with Crippen LogP contribution in [0.2, 0.25) is 0 Å². The van der Waals surface area contributed by atoms with Gasteiger partial charge < -0.3 is 14.4 Å². The maximum Gasteiger partial charge on any atom is 0.306 e. The molecule has 8 nitrogen and oxygen atoms in total. The third kappa shape index (κ3) is 7.07. The second-order valence-corrected chi connectivity index (χ2v) is 11.9. The molecule has 0 unspecified atom stereocenters. The summed E-state index contributed by atoms with van der Waals surface area (Å²) in [5, 5.41) is 9.05. The fourth-order valence-corrected chi connectivity index (χ4v) is 5.83. The number of amides is 1. The molecule has 0 aromatic heterocycles. The van der Waals surface area contributed by atoms with Crippen LogP contribution in [0, 0.1) is 17.2 Å². The van der Waals surface area contributed by atoms with Gasteiger partial charge in [-0.3, -0.25) is 9.59 Å². The van der Waals surface area contributed by atoms with Gasteiger partial charge in [0.1, 0.15) is 17.3 Å². The number of sulfone groups is 1. The quantitative estimate of drug-likeness (QED) is 0.319. The Morgan fingerprint density at radius 2 is 1.75 bits per heavy atom. The molecule has 1 saturated heterocycles. The van der Waals surface area contributed by atoms with Crippen LogP contribution < -0.4 is 4.74 Å². The van der Waals surface area contributed by atoms with Gasteiger partial charge in [0.15, 0.2) is 9.84 Å². The Balaban J connectivity index is 1.52. The van der Waals surface area contributed by atoms with E-state index in [-0.39, 0.29) is 35.6 Å². The molecular weight excluding hydrogens is 528 g/mol. The smallest absolute Gasteiger partial charge is 0.306 e. The van der Waals surface area contributed by atoms with Crippen molar-refractivity contribution in [3.8, 4) is 22.9 Å². The summed E-state index contributed by atoms with van der Waals surface area (Å²) in [5.74, 6) is -0.868. The molecule has 1 fully saturated rings. The normalized spacial score (nSPS) is 16.9. The van der Waals surface area contributed by atoms with E-state index in [1.165, 1.54) is 12.7 Å². The molecule has 1 heterocycles.